The van der Waals surface area contributed by atoms with E-state index in [4.69, 9.17) is 20.9 Å². The van der Waals surface area contributed by atoms with Crippen LogP contribution in [0.4, 0.5) is 0 Å². The molecule has 0 bridgehead atoms. The fraction of sp³-hybridized carbons (Fsp3) is 0.434. The Bertz CT molecular complexity index is 5660. The van der Waals surface area contributed by atoms with Gasteiger partial charge in [0.1, 0.15) is 95.9 Å². The third kappa shape index (κ3) is 39.5. The summed E-state index contributed by atoms with van der Waals surface area (Å²) in [4.78, 5) is 266. The van der Waals surface area contributed by atoms with Gasteiger partial charge in [0.2, 0.25) is 82.7 Å². The largest absolute Gasteiger partial charge is 0.508 e. The second kappa shape index (κ2) is 60.4. The minimum absolute atomic E-state index is 0.106. The van der Waals surface area contributed by atoms with Gasteiger partial charge in [-0.25, -0.2) is 9.59 Å². The molecule has 0 aliphatic carbocycles. The fourth-order valence-electron chi connectivity index (χ4n) is 15.7. The first-order valence-electron chi connectivity index (χ1n) is 49.1. The molecular weight excluding hydrogens is 1930 g/mol. The highest BCUT2D eigenvalue weighted by molar-refractivity contribution is 6.06. The maximum Gasteiger partial charge on any atom is 0.331 e. The number of aliphatic hydroxyl groups excluding tert-OH is 4. The number of hydrogen-bond donors (Lipinski definition) is 22. The van der Waals surface area contributed by atoms with Gasteiger partial charge in [-0.05, 0) is 153 Å². The zero-order chi connectivity index (χ0) is 110. The van der Waals surface area contributed by atoms with E-state index < -0.39 is 279 Å². The molecular formula is C106H139N17O26. The summed E-state index contributed by atoms with van der Waals surface area (Å²) in [5, 5.41) is 100. The molecule has 5 aromatic rings. The molecule has 804 valence electrons. The van der Waals surface area contributed by atoms with Crippen LogP contribution >= 0.6 is 0 Å². The standard InChI is InChI=1S/C106H139N17O26/c1-12-14-18-30-69-31-24-25-32-70(69)38-44-88(133)120-92-64(10)149-106(147)83(58-125)118-97(138)81(55-86(108)131)116-101(142)89(61(7)126)121-98(139)78(50-65-26-20-16-21-27-65)111-93(134)75(48-59(3)4)110-95(136)77(52-67-34-40-73(128)41-35-67)114-103(144)91(119-87(132)45-39-71-46-47-109-56-72(71)33-19-15-13-2)63(9)148-105(146)82(57-124)117-96(137)80(54-85(107)130)115-102(143)90(62(8)127)122-99(140)79(51-66-28-22-17-23-29-66)112-94(135)76(49-60(5)6)113-100(141)84(123(11)104(92)145)53-68-36-42-74(129)43-37-68/h16-44,46-47,53,59-64,72,75-83,89-92,109,124-129H,12-15,45,48-52,54-58H2,1-11H3,(H2,107,130)(H2,108,131)(H,110,136)(H,111,134)(H,112,135)(H,113,141)(H,114,144)(H,115,143)(H,116,142)(H,117,137)(H,118,138)(H,119,132)(H,120,133)(H,121,139)(H,122,140). The van der Waals surface area contributed by atoms with Crippen LogP contribution in [-0.2, 0) is 115 Å². The first-order chi connectivity index (χ1) is 70.8. The number of cyclic esters (lactones) is 2. The Morgan fingerprint density at radius 1 is 0.463 bits per heavy atom. The number of carbonyl (C=O) groups excluding carboxylic acids is 18. The topological polar surface area (TPSA) is 671 Å². The first-order valence-corrected chi connectivity index (χ1v) is 49.1. The van der Waals surface area contributed by atoms with Gasteiger partial charge in [0.15, 0.2) is 12.1 Å². The first kappa shape index (κ1) is 120. The maximum atomic E-state index is 15.7. The van der Waals surface area contributed by atoms with Gasteiger partial charge < -0.3 is 131 Å². The molecule has 18 atom stereocenters. The molecule has 24 N–H and O–H groups in total. The molecule has 2 aliphatic rings. The number of esters is 2. The summed E-state index contributed by atoms with van der Waals surface area (Å²) in [7, 11) is 1.05. The van der Waals surface area contributed by atoms with E-state index in [1.54, 1.807) is 131 Å². The van der Waals surface area contributed by atoms with Crippen molar-refractivity contribution < 1.29 is 126 Å². The molecule has 43 nitrogen and oxygen atoms in total. The number of ether oxygens (including phenoxy) is 2. The molecule has 43 heteroatoms. The number of aromatic hydroxyl groups is 2. The zero-order valence-electron chi connectivity index (χ0n) is 85.1. The highest BCUT2D eigenvalue weighted by atomic mass is 16.6. The third-order valence-electron chi connectivity index (χ3n) is 23.8. The monoisotopic (exact) mass is 2070 g/mol. The Balaban J connectivity index is 1.38. The van der Waals surface area contributed by atoms with Crippen molar-refractivity contribution in [3.8, 4) is 11.5 Å². The Kier molecular flexibility index (Phi) is 48.7. The predicted molar refractivity (Wildman–Crippen MR) is 548 cm³/mol. The lowest BCUT2D eigenvalue weighted by Gasteiger charge is -2.31. The lowest BCUT2D eigenvalue weighted by atomic mass is 9.94. The number of amides is 16. The number of rotatable bonds is 31. The molecule has 2 aliphatic heterocycles. The molecule has 16 amide bonds. The Morgan fingerprint density at radius 3 is 1.32 bits per heavy atom. The van der Waals surface area contributed by atoms with Crippen molar-refractivity contribution in [1.82, 2.24) is 79.3 Å². The van der Waals surface area contributed by atoms with Crippen molar-refractivity contribution >= 4 is 125 Å². The van der Waals surface area contributed by atoms with Gasteiger partial charge in [-0.3, -0.25) is 76.7 Å². The quantitative estimate of drug-likeness (QED) is 0.0161. The van der Waals surface area contributed by atoms with E-state index in [9.17, 15) is 78.6 Å². The molecule has 18 unspecified atom stereocenters. The van der Waals surface area contributed by atoms with Crippen LogP contribution in [0.1, 0.15) is 160 Å². The highest BCUT2D eigenvalue weighted by Crippen LogP contribution is 2.24. The Labute approximate surface area is 863 Å². The number of nitrogens with one attached hydrogen (secondary N) is 14. The fourth-order valence-corrected chi connectivity index (χ4v) is 15.7. The summed E-state index contributed by atoms with van der Waals surface area (Å²) in [6.07, 6.45) is 7.27. The molecule has 7 rings (SSSR count). The average molecular weight is 2070 g/mol. The summed E-state index contributed by atoms with van der Waals surface area (Å²) < 4.78 is 11.6. The third-order valence-corrected chi connectivity index (χ3v) is 23.8. The average Bonchev–Trinajstić information content (AvgIpc) is 0.798. The summed E-state index contributed by atoms with van der Waals surface area (Å²) in [5.41, 5.74) is 13.6. The molecule has 1 saturated heterocycles. The lowest BCUT2D eigenvalue weighted by Crippen LogP contribution is -2.63. The highest BCUT2D eigenvalue weighted by Gasteiger charge is 2.43. The maximum absolute atomic E-state index is 15.7. The number of aliphatic hydroxyl groups is 4. The number of allylic oxidation sites excluding steroid dienone is 3. The zero-order valence-corrected chi connectivity index (χ0v) is 85.1. The number of unbranched alkanes of at least 4 members (excludes halogenated alkanes) is 2. The number of nitrogens with two attached hydrogens (primary N) is 2. The number of phenols is 2. The van der Waals surface area contributed by atoms with Crippen LogP contribution in [0.2, 0.25) is 0 Å². The van der Waals surface area contributed by atoms with E-state index in [1.165, 1.54) is 54.6 Å². The molecule has 2 heterocycles. The van der Waals surface area contributed by atoms with Crippen LogP contribution < -0.4 is 85.9 Å². The van der Waals surface area contributed by atoms with Crippen LogP contribution in [0.25, 0.3) is 18.2 Å². The van der Waals surface area contributed by atoms with Crippen molar-refractivity contribution in [2.45, 2.75) is 249 Å². The minimum atomic E-state index is -2.21. The lowest BCUT2D eigenvalue weighted by molar-refractivity contribution is -0.158. The van der Waals surface area contributed by atoms with Crippen LogP contribution in [0, 0.1) is 17.8 Å². The van der Waals surface area contributed by atoms with Crippen molar-refractivity contribution in [3.05, 3.63) is 221 Å². The number of primary amides is 2. The van der Waals surface area contributed by atoms with E-state index >= 15 is 38.4 Å². The number of hydrogen-bond acceptors (Lipinski definition) is 27. The number of nitrogens with zero attached hydrogens (tertiary/aromatic N) is 1. The van der Waals surface area contributed by atoms with Gasteiger partial charge in [0.25, 0.3) is 11.8 Å². The van der Waals surface area contributed by atoms with Gasteiger partial charge in [0, 0.05) is 51.3 Å². The van der Waals surface area contributed by atoms with Crippen LogP contribution in [0.3, 0.4) is 0 Å². The molecule has 0 saturated carbocycles. The molecule has 0 spiro atoms. The predicted octanol–water partition coefficient (Wildman–Crippen LogP) is 0.326. The second-order valence-electron chi connectivity index (χ2n) is 37.1. The van der Waals surface area contributed by atoms with Gasteiger partial charge in [-0.2, -0.15) is 0 Å². The molecule has 0 radical (unpaired) electrons. The van der Waals surface area contributed by atoms with Crippen LogP contribution in [0.15, 0.2) is 187 Å². The van der Waals surface area contributed by atoms with E-state index in [2.05, 4.69) is 74.4 Å². The summed E-state index contributed by atoms with van der Waals surface area (Å²) in [5.74, 6) is -24.4. The minimum Gasteiger partial charge on any atom is -0.508 e. The number of likely N-dealkylation sites (N-methyl/N-ethyl adjacent to an activating group) is 1. The normalized spacial score (nSPS) is 24.5. The van der Waals surface area contributed by atoms with Gasteiger partial charge in [0.05, 0.1) is 38.3 Å². The van der Waals surface area contributed by atoms with E-state index in [0.29, 0.717) is 45.7 Å². The number of benzene rings is 5. The summed E-state index contributed by atoms with van der Waals surface area (Å²) >= 11 is 0. The van der Waals surface area contributed by atoms with Crippen molar-refractivity contribution in [2.75, 3.05) is 26.8 Å². The number of carbonyl (C=O) groups is 18. The second-order valence-corrected chi connectivity index (χ2v) is 37.1. The van der Waals surface area contributed by atoms with Crippen molar-refractivity contribution in [1.29, 1.82) is 0 Å². The molecule has 1 fully saturated rings. The smallest absolute Gasteiger partial charge is 0.331 e. The Hall–Kier alpha value is -15.8. The Morgan fingerprint density at radius 2 is 0.859 bits per heavy atom. The van der Waals surface area contributed by atoms with E-state index in [1.807, 2.05) is 38.2 Å². The van der Waals surface area contributed by atoms with Gasteiger partial charge >= 0.3 is 11.9 Å². The summed E-state index contributed by atoms with van der Waals surface area (Å²) in [6, 6.07) is 7.35. The molecule has 149 heavy (non-hydrogen) atoms. The van der Waals surface area contributed by atoms with E-state index in [0.717, 1.165) is 66.2 Å². The van der Waals surface area contributed by atoms with Crippen LogP contribution in [-0.4, -0.2) is 272 Å². The SMILES string of the molecule is CCCC=Cc1ccccc1C=CC(=O)NC1C(=O)N(C)C(=Cc2ccc(O)cc2)C(=O)NC(CC(C)C)C(=O)NC(Cc2ccccc2)C(=O)NC(C(C)O)C(=O)NC(CC(N)=O)C(=O)NC(CO)C(=O)OC(C)C(NC(=O)CC=C2C=CNCC2C=CCCC)C(=O)NC(Cc2ccc(O)cc2)C(=O)NC(CC(C)C)C(=O)NC(Cc2ccccc2)C(=O)NC(C(C)O)C(=O)NC(CC(N)=O)C(=O)NC(CO)C(=O)OC1C. The molecule has 5 aromatic carbocycles. The van der Waals surface area contributed by atoms with Gasteiger partial charge in [-0.1, -0.05) is 194 Å². The van der Waals surface area contributed by atoms with Crippen molar-refractivity contribution in [2.24, 2.45) is 29.2 Å². The molecule has 0 aromatic heterocycles. The van der Waals surface area contributed by atoms with Crippen LogP contribution in [0.5, 0.6) is 11.5 Å². The van der Waals surface area contributed by atoms with Crippen molar-refractivity contribution in [3.63, 3.8) is 0 Å². The van der Waals surface area contributed by atoms with E-state index in [-0.39, 0.29) is 41.4 Å². The number of phenolic OH excluding ortho intramolecular Hbond substituents is 2. The van der Waals surface area contributed by atoms with Gasteiger partial charge in [-0.15, -0.1) is 0 Å². The summed E-state index contributed by atoms with van der Waals surface area (Å²) in [6.45, 7) is 12.6.